The number of piperazine rings is 1. The molecule has 0 unspecified atom stereocenters. The molecule has 1 saturated heterocycles. The van der Waals surface area contributed by atoms with Crippen LogP contribution in [0.2, 0.25) is 0 Å². The van der Waals surface area contributed by atoms with Gasteiger partial charge in [-0.1, -0.05) is 38.1 Å². The molecule has 0 aliphatic carbocycles. The van der Waals surface area contributed by atoms with Crippen LogP contribution in [0.5, 0.6) is 0 Å². The molecular weight excluding hydrogens is 318 g/mol. The van der Waals surface area contributed by atoms with Crippen molar-refractivity contribution in [3.8, 4) is 0 Å². The van der Waals surface area contributed by atoms with Gasteiger partial charge in [-0.2, -0.15) is 0 Å². The Balaban J connectivity index is 1.53. The van der Waals surface area contributed by atoms with Crippen LogP contribution in [0.4, 0.5) is 0 Å². The Kier molecular flexibility index (Phi) is 5.06. The van der Waals surface area contributed by atoms with Crippen LogP contribution in [-0.4, -0.2) is 74.6 Å². The van der Waals surface area contributed by atoms with Gasteiger partial charge in [0, 0.05) is 32.7 Å². The van der Waals surface area contributed by atoms with Crippen molar-refractivity contribution in [3.05, 3.63) is 24.3 Å². The van der Waals surface area contributed by atoms with Crippen LogP contribution in [0.1, 0.15) is 20.8 Å². The zero-order chi connectivity index (χ0) is 18.0. The lowest BCUT2D eigenvalue weighted by Crippen LogP contribution is -2.52. The van der Waals surface area contributed by atoms with E-state index in [2.05, 4.69) is 15.2 Å². The van der Waals surface area contributed by atoms with Crippen LogP contribution in [0.15, 0.2) is 24.3 Å². The fourth-order valence-corrected chi connectivity index (χ4v) is 2.96. The standard InChI is InChI=1S/C18H27N5O2/c1-18(2,3)16(24)12-21-8-10-22(11-9-21)17(25)13-23-15-7-5-4-6-14(15)19-20-23/h4-7,16,24H,8-13H2,1-3H3/t16-/m0/s1. The van der Waals surface area contributed by atoms with E-state index in [0.717, 1.165) is 24.1 Å². The second-order valence-electron chi connectivity index (χ2n) is 7.80. The van der Waals surface area contributed by atoms with Crippen molar-refractivity contribution in [1.29, 1.82) is 0 Å². The largest absolute Gasteiger partial charge is 0.391 e. The molecule has 1 aliphatic rings. The Bertz CT molecular complexity index is 728. The van der Waals surface area contributed by atoms with Crippen molar-refractivity contribution < 1.29 is 9.90 Å². The number of carbonyl (C=O) groups excluding carboxylic acids is 1. The van der Waals surface area contributed by atoms with E-state index >= 15 is 0 Å². The summed E-state index contributed by atoms with van der Waals surface area (Å²) in [5, 5.41) is 18.4. The molecule has 7 heteroatoms. The summed E-state index contributed by atoms with van der Waals surface area (Å²) >= 11 is 0. The molecule has 0 bridgehead atoms. The van der Waals surface area contributed by atoms with Crippen molar-refractivity contribution >= 4 is 16.9 Å². The van der Waals surface area contributed by atoms with Gasteiger partial charge in [-0.05, 0) is 17.5 Å². The SMILES string of the molecule is CC(C)(C)[C@@H](O)CN1CCN(C(=O)Cn2nnc3ccccc32)CC1. The molecule has 3 rings (SSSR count). The normalized spacial score (nSPS) is 17.8. The van der Waals surface area contributed by atoms with E-state index in [4.69, 9.17) is 0 Å². The second-order valence-corrected chi connectivity index (χ2v) is 7.80. The molecule has 2 aromatic rings. The third kappa shape index (κ3) is 4.16. The summed E-state index contributed by atoms with van der Waals surface area (Å²) in [6.45, 7) is 9.93. The smallest absolute Gasteiger partial charge is 0.244 e. The van der Waals surface area contributed by atoms with Gasteiger partial charge in [0.05, 0.1) is 11.6 Å². The number of hydrogen-bond donors (Lipinski definition) is 1. The van der Waals surface area contributed by atoms with E-state index in [1.807, 2.05) is 49.9 Å². The average molecular weight is 345 g/mol. The van der Waals surface area contributed by atoms with E-state index in [9.17, 15) is 9.90 Å². The molecule has 0 saturated carbocycles. The predicted octanol–water partition coefficient (Wildman–Crippen LogP) is 0.982. The second kappa shape index (κ2) is 7.09. The minimum absolute atomic E-state index is 0.0617. The van der Waals surface area contributed by atoms with Gasteiger partial charge in [-0.25, -0.2) is 4.68 Å². The molecule has 0 spiro atoms. The number of nitrogens with zero attached hydrogens (tertiary/aromatic N) is 5. The van der Waals surface area contributed by atoms with Crippen LogP contribution < -0.4 is 0 Å². The number of fused-ring (bicyclic) bond motifs is 1. The van der Waals surface area contributed by atoms with Crippen LogP contribution in [-0.2, 0) is 11.3 Å². The number of aliphatic hydroxyl groups is 1. The van der Waals surface area contributed by atoms with Gasteiger partial charge in [0.1, 0.15) is 12.1 Å². The topological polar surface area (TPSA) is 74.5 Å². The van der Waals surface area contributed by atoms with Crippen molar-refractivity contribution in [2.75, 3.05) is 32.7 Å². The van der Waals surface area contributed by atoms with Crippen LogP contribution in [0.3, 0.4) is 0 Å². The molecule has 1 aliphatic heterocycles. The van der Waals surface area contributed by atoms with Crippen molar-refractivity contribution in [1.82, 2.24) is 24.8 Å². The quantitative estimate of drug-likeness (QED) is 0.894. The molecule has 1 fully saturated rings. The lowest BCUT2D eigenvalue weighted by molar-refractivity contribution is -0.134. The minimum Gasteiger partial charge on any atom is -0.391 e. The van der Waals surface area contributed by atoms with Gasteiger partial charge in [-0.3, -0.25) is 9.69 Å². The number of rotatable bonds is 4. The van der Waals surface area contributed by atoms with Crippen molar-refractivity contribution in [2.24, 2.45) is 5.41 Å². The summed E-state index contributed by atoms with van der Waals surface area (Å²) in [7, 11) is 0. The summed E-state index contributed by atoms with van der Waals surface area (Å²) < 4.78 is 1.66. The van der Waals surface area contributed by atoms with Gasteiger partial charge in [0.25, 0.3) is 0 Å². The molecule has 136 valence electrons. The van der Waals surface area contributed by atoms with E-state index in [0.29, 0.717) is 19.6 Å². The zero-order valence-corrected chi connectivity index (χ0v) is 15.2. The molecule has 25 heavy (non-hydrogen) atoms. The van der Waals surface area contributed by atoms with E-state index in [1.165, 1.54) is 0 Å². The van der Waals surface area contributed by atoms with Crippen molar-refractivity contribution in [2.45, 2.75) is 33.4 Å². The number of β-amino-alcohol motifs (C(OH)–C–C–N with tert-alkyl or cyclic N) is 1. The molecule has 1 amide bonds. The number of benzene rings is 1. The monoisotopic (exact) mass is 345 g/mol. The fourth-order valence-electron chi connectivity index (χ4n) is 2.96. The summed E-state index contributed by atoms with van der Waals surface area (Å²) in [5.41, 5.74) is 1.56. The molecule has 7 nitrogen and oxygen atoms in total. The molecule has 0 radical (unpaired) electrons. The first-order chi connectivity index (χ1) is 11.8. The Hall–Kier alpha value is -1.99. The van der Waals surface area contributed by atoms with Crippen molar-refractivity contribution in [3.63, 3.8) is 0 Å². The Morgan fingerprint density at radius 2 is 1.88 bits per heavy atom. The Morgan fingerprint density at radius 1 is 1.20 bits per heavy atom. The van der Waals surface area contributed by atoms with Crippen LogP contribution in [0.25, 0.3) is 11.0 Å². The van der Waals surface area contributed by atoms with E-state index in [1.54, 1.807) is 4.68 Å². The molecule has 2 heterocycles. The zero-order valence-electron chi connectivity index (χ0n) is 15.2. The Labute approximate surface area is 148 Å². The van der Waals surface area contributed by atoms with Crippen LogP contribution >= 0.6 is 0 Å². The summed E-state index contributed by atoms with van der Waals surface area (Å²) in [4.78, 5) is 16.7. The number of aliphatic hydroxyl groups excluding tert-OH is 1. The molecule has 1 aromatic heterocycles. The first-order valence-corrected chi connectivity index (χ1v) is 8.81. The summed E-state index contributed by atoms with van der Waals surface area (Å²) in [6.07, 6.45) is -0.365. The first-order valence-electron chi connectivity index (χ1n) is 8.81. The highest BCUT2D eigenvalue weighted by Gasteiger charge is 2.27. The number of amides is 1. The van der Waals surface area contributed by atoms with Gasteiger partial charge in [0.15, 0.2) is 0 Å². The number of carbonyl (C=O) groups is 1. The fraction of sp³-hybridized carbons (Fsp3) is 0.611. The average Bonchev–Trinajstić information content (AvgIpc) is 2.98. The van der Waals surface area contributed by atoms with E-state index < -0.39 is 0 Å². The first kappa shape index (κ1) is 17.8. The van der Waals surface area contributed by atoms with Crippen LogP contribution in [0, 0.1) is 5.41 Å². The lowest BCUT2D eigenvalue weighted by atomic mass is 9.89. The predicted molar refractivity (Wildman–Crippen MR) is 96.0 cm³/mol. The van der Waals surface area contributed by atoms with Gasteiger partial charge < -0.3 is 10.0 Å². The molecule has 1 aromatic carbocycles. The maximum atomic E-state index is 12.6. The molecular formula is C18H27N5O2. The third-order valence-corrected chi connectivity index (χ3v) is 4.86. The maximum Gasteiger partial charge on any atom is 0.244 e. The van der Waals surface area contributed by atoms with E-state index in [-0.39, 0.29) is 24.0 Å². The molecule has 1 N–H and O–H groups in total. The number of para-hydroxylation sites is 1. The molecule has 1 atom stereocenters. The van der Waals surface area contributed by atoms with Gasteiger partial charge in [0.2, 0.25) is 5.91 Å². The summed E-state index contributed by atoms with van der Waals surface area (Å²) in [6, 6.07) is 7.65. The highest BCUT2D eigenvalue weighted by molar-refractivity contribution is 5.79. The maximum absolute atomic E-state index is 12.6. The highest BCUT2D eigenvalue weighted by atomic mass is 16.3. The van der Waals surface area contributed by atoms with Gasteiger partial charge >= 0.3 is 0 Å². The highest BCUT2D eigenvalue weighted by Crippen LogP contribution is 2.20. The summed E-state index contributed by atoms with van der Waals surface area (Å²) in [5.74, 6) is 0.0617. The minimum atomic E-state index is -0.365. The Morgan fingerprint density at radius 3 is 2.56 bits per heavy atom. The third-order valence-electron chi connectivity index (χ3n) is 4.86. The number of aromatic nitrogens is 3. The van der Waals surface area contributed by atoms with Gasteiger partial charge in [-0.15, -0.1) is 5.10 Å². The lowest BCUT2D eigenvalue weighted by Gasteiger charge is -2.38. The number of hydrogen-bond acceptors (Lipinski definition) is 5.